The number of nitrogens with zero attached hydrogens (tertiary/aromatic N) is 1. The Morgan fingerprint density at radius 1 is 1.80 bits per heavy atom. The van der Waals surface area contributed by atoms with Crippen LogP contribution in [0.5, 0.6) is 0 Å². The van der Waals surface area contributed by atoms with Gasteiger partial charge in [-0.25, -0.2) is 4.79 Å². The number of halogens is 1. The van der Waals surface area contributed by atoms with Crippen molar-refractivity contribution in [1.29, 1.82) is 0 Å². The highest BCUT2D eigenvalue weighted by molar-refractivity contribution is 6.30. The van der Waals surface area contributed by atoms with Crippen molar-refractivity contribution in [2.75, 3.05) is 0 Å². The van der Waals surface area contributed by atoms with E-state index in [9.17, 15) is 4.79 Å². The van der Waals surface area contributed by atoms with Gasteiger partial charge in [0.1, 0.15) is 6.10 Å². The molecule has 1 amide bonds. The van der Waals surface area contributed by atoms with Gasteiger partial charge in [0.25, 0.3) is 0 Å². The zero-order valence-electron chi connectivity index (χ0n) is 8.02. The molecule has 4 nitrogen and oxygen atoms in total. The molecule has 1 aromatic heterocycles. The van der Waals surface area contributed by atoms with Crippen molar-refractivity contribution >= 4 is 17.7 Å². The SMILES string of the molecule is C=CC[C@H](OC(N)=O)c1cc(Cl)ccn1. The van der Waals surface area contributed by atoms with Crippen molar-refractivity contribution < 1.29 is 9.53 Å². The first-order valence-corrected chi connectivity index (χ1v) is 4.69. The summed E-state index contributed by atoms with van der Waals surface area (Å²) in [6.07, 6.45) is 2.23. The summed E-state index contributed by atoms with van der Waals surface area (Å²) in [5.41, 5.74) is 5.50. The lowest BCUT2D eigenvalue weighted by Crippen LogP contribution is -2.17. The summed E-state index contributed by atoms with van der Waals surface area (Å²) in [5, 5.41) is 0.530. The highest BCUT2D eigenvalue weighted by atomic mass is 35.5. The lowest BCUT2D eigenvalue weighted by molar-refractivity contribution is 0.106. The third-order valence-corrected chi connectivity index (χ3v) is 1.95. The maximum Gasteiger partial charge on any atom is 0.405 e. The van der Waals surface area contributed by atoms with Crippen molar-refractivity contribution in [3.63, 3.8) is 0 Å². The Morgan fingerprint density at radius 3 is 3.07 bits per heavy atom. The summed E-state index contributed by atoms with van der Waals surface area (Å²) in [7, 11) is 0. The van der Waals surface area contributed by atoms with Crippen LogP contribution < -0.4 is 5.73 Å². The maximum absolute atomic E-state index is 10.6. The van der Waals surface area contributed by atoms with E-state index in [4.69, 9.17) is 22.1 Å². The molecule has 0 saturated heterocycles. The van der Waals surface area contributed by atoms with Crippen LogP contribution in [0.15, 0.2) is 31.0 Å². The van der Waals surface area contributed by atoms with Crippen molar-refractivity contribution in [2.24, 2.45) is 5.73 Å². The fourth-order valence-electron chi connectivity index (χ4n) is 1.12. The van der Waals surface area contributed by atoms with E-state index in [-0.39, 0.29) is 0 Å². The molecule has 0 unspecified atom stereocenters. The van der Waals surface area contributed by atoms with Crippen LogP contribution in [0.4, 0.5) is 4.79 Å². The number of carbonyl (C=O) groups is 1. The predicted molar refractivity (Wildman–Crippen MR) is 57.5 cm³/mol. The largest absolute Gasteiger partial charge is 0.440 e. The highest BCUT2D eigenvalue weighted by Gasteiger charge is 2.15. The van der Waals surface area contributed by atoms with Crippen LogP contribution in [-0.2, 0) is 4.74 Å². The van der Waals surface area contributed by atoms with Gasteiger partial charge < -0.3 is 10.5 Å². The zero-order valence-corrected chi connectivity index (χ0v) is 8.78. The number of rotatable bonds is 4. The van der Waals surface area contributed by atoms with E-state index < -0.39 is 12.2 Å². The Bertz CT molecular complexity index is 368. The summed E-state index contributed by atoms with van der Waals surface area (Å²) in [6.45, 7) is 3.56. The van der Waals surface area contributed by atoms with Gasteiger partial charge in [0.15, 0.2) is 0 Å². The molecule has 0 radical (unpaired) electrons. The minimum Gasteiger partial charge on any atom is -0.440 e. The number of nitrogens with two attached hydrogens (primary N) is 1. The minimum absolute atomic E-state index is 0.441. The van der Waals surface area contributed by atoms with E-state index in [2.05, 4.69) is 11.6 Å². The summed E-state index contributed by atoms with van der Waals surface area (Å²) in [6, 6.07) is 3.26. The average Bonchev–Trinajstić information content (AvgIpc) is 2.16. The molecule has 0 fully saturated rings. The molecule has 0 saturated carbocycles. The van der Waals surface area contributed by atoms with Gasteiger partial charge in [0.2, 0.25) is 0 Å². The molecule has 0 aliphatic heterocycles. The van der Waals surface area contributed by atoms with E-state index in [1.807, 2.05) is 0 Å². The lowest BCUT2D eigenvalue weighted by atomic mass is 10.1. The van der Waals surface area contributed by atoms with Crippen LogP contribution in [0.3, 0.4) is 0 Å². The van der Waals surface area contributed by atoms with Gasteiger partial charge in [-0.15, -0.1) is 6.58 Å². The fourth-order valence-corrected chi connectivity index (χ4v) is 1.29. The molecule has 15 heavy (non-hydrogen) atoms. The van der Waals surface area contributed by atoms with Gasteiger partial charge in [-0.2, -0.15) is 0 Å². The summed E-state index contributed by atoms with van der Waals surface area (Å²) >= 11 is 5.79. The molecule has 1 atom stereocenters. The fraction of sp³-hybridized carbons (Fsp3) is 0.200. The first-order valence-electron chi connectivity index (χ1n) is 4.32. The second kappa shape index (κ2) is 5.36. The Labute approximate surface area is 92.7 Å². The van der Waals surface area contributed by atoms with E-state index in [1.165, 1.54) is 6.20 Å². The Kier molecular flexibility index (Phi) is 4.12. The number of amides is 1. The van der Waals surface area contributed by atoms with Crippen LogP contribution in [0.2, 0.25) is 5.02 Å². The van der Waals surface area contributed by atoms with Crippen LogP contribution in [0, 0.1) is 0 Å². The Morgan fingerprint density at radius 2 is 2.53 bits per heavy atom. The maximum atomic E-state index is 10.6. The molecule has 0 bridgehead atoms. The third kappa shape index (κ3) is 3.59. The van der Waals surface area contributed by atoms with E-state index >= 15 is 0 Å². The quantitative estimate of drug-likeness (QED) is 0.802. The summed E-state index contributed by atoms with van der Waals surface area (Å²) < 4.78 is 4.88. The van der Waals surface area contributed by atoms with Crippen molar-refractivity contribution in [3.8, 4) is 0 Å². The van der Waals surface area contributed by atoms with E-state index in [0.717, 1.165) is 0 Å². The van der Waals surface area contributed by atoms with Gasteiger partial charge >= 0.3 is 6.09 Å². The van der Waals surface area contributed by atoms with Gasteiger partial charge in [-0.3, -0.25) is 4.98 Å². The molecule has 0 aliphatic carbocycles. The minimum atomic E-state index is -0.844. The van der Waals surface area contributed by atoms with E-state index in [1.54, 1.807) is 18.2 Å². The number of ether oxygens (including phenoxy) is 1. The molecule has 1 heterocycles. The highest BCUT2D eigenvalue weighted by Crippen LogP contribution is 2.21. The topological polar surface area (TPSA) is 65.2 Å². The first kappa shape index (κ1) is 11.5. The molecule has 0 spiro atoms. The second-order valence-corrected chi connectivity index (χ2v) is 3.29. The monoisotopic (exact) mass is 226 g/mol. The standard InChI is InChI=1S/C10H11ClN2O2/c1-2-3-9(15-10(12)14)8-6-7(11)4-5-13-8/h2,4-6,9H,1,3H2,(H2,12,14)/t9-/m0/s1. The van der Waals surface area contributed by atoms with Crippen molar-refractivity contribution in [2.45, 2.75) is 12.5 Å². The van der Waals surface area contributed by atoms with E-state index in [0.29, 0.717) is 17.1 Å². The Balaban J connectivity index is 2.87. The van der Waals surface area contributed by atoms with Crippen molar-refractivity contribution in [3.05, 3.63) is 41.7 Å². The van der Waals surface area contributed by atoms with Gasteiger partial charge in [0, 0.05) is 17.6 Å². The number of hydrogen-bond acceptors (Lipinski definition) is 3. The Hall–Kier alpha value is -1.55. The number of primary amides is 1. The normalized spacial score (nSPS) is 11.8. The smallest absolute Gasteiger partial charge is 0.405 e. The first-order chi connectivity index (χ1) is 7.13. The molecule has 2 N–H and O–H groups in total. The second-order valence-electron chi connectivity index (χ2n) is 2.85. The average molecular weight is 227 g/mol. The van der Waals surface area contributed by atoms with Gasteiger partial charge in [-0.05, 0) is 12.1 Å². The number of aromatic nitrogens is 1. The molecule has 80 valence electrons. The molecular formula is C10H11ClN2O2. The number of carbonyl (C=O) groups excluding carboxylic acids is 1. The third-order valence-electron chi connectivity index (χ3n) is 1.71. The van der Waals surface area contributed by atoms with Crippen molar-refractivity contribution in [1.82, 2.24) is 4.98 Å². The molecule has 1 rings (SSSR count). The van der Waals surface area contributed by atoms with Crippen LogP contribution >= 0.6 is 11.6 Å². The molecule has 0 aliphatic rings. The molecule has 5 heteroatoms. The zero-order chi connectivity index (χ0) is 11.3. The number of hydrogen-bond donors (Lipinski definition) is 1. The lowest BCUT2D eigenvalue weighted by Gasteiger charge is -2.14. The summed E-state index contributed by atoms with van der Waals surface area (Å²) in [5.74, 6) is 0. The van der Waals surface area contributed by atoms with Gasteiger partial charge in [0.05, 0.1) is 5.69 Å². The number of pyridine rings is 1. The van der Waals surface area contributed by atoms with Crippen LogP contribution in [0.25, 0.3) is 0 Å². The predicted octanol–water partition coefficient (Wildman–Crippen LogP) is 2.45. The molecular weight excluding hydrogens is 216 g/mol. The summed E-state index contributed by atoms with van der Waals surface area (Å²) in [4.78, 5) is 14.7. The van der Waals surface area contributed by atoms with Gasteiger partial charge in [-0.1, -0.05) is 17.7 Å². The molecule has 0 aromatic carbocycles. The molecule has 1 aromatic rings. The van der Waals surface area contributed by atoms with Crippen LogP contribution in [-0.4, -0.2) is 11.1 Å². The van der Waals surface area contributed by atoms with Crippen LogP contribution in [0.1, 0.15) is 18.2 Å².